The van der Waals surface area contributed by atoms with E-state index in [9.17, 15) is 18.0 Å². The molecule has 30 heavy (non-hydrogen) atoms. The van der Waals surface area contributed by atoms with Crippen molar-refractivity contribution in [3.8, 4) is 5.75 Å². The zero-order chi connectivity index (χ0) is 22.5. The van der Waals surface area contributed by atoms with E-state index in [1.807, 2.05) is 24.5 Å². The van der Waals surface area contributed by atoms with Gasteiger partial charge in [0.15, 0.2) is 0 Å². The maximum atomic E-state index is 12.8. The number of ether oxygens (including phenoxy) is 1. The van der Waals surface area contributed by atoms with Crippen molar-refractivity contribution in [2.75, 3.05) is 46.4 Å². The van der Waals surface area contributed by atoms with Crippen LogP contribution in [0.5, 0.6) is 5.75 Å². The van der Waals surface area contributed by atoms with Gasteiger partial charge in [-0.15, -0.1) is 11.8 Å². The number of benzene rings is 2. The van der Waals surface area contributed by atoms with Gasteiger partial charge in [0.05, 0.1) is 19.3 Å². The van der Waals surface area contributed by atoms with E-state index in [1.165, 1.54) is 63.1 Å². The van der Waals surface area contributed by atoms with Crippen LogP contribution in [0.4, 0.5) is 5.69 Å². The molecule has 0 saturated carbocycles. The summed E-state index contributed by atoms with van der Waals surface area (Å²) in [5, 5.41) is 2.79. The summed E-state index contributed by atoms with van der Waals surface area (Å²) in [7, 11) is 1.81. The Morgan fingerprint density at radius 1 is 1.10 bits per heavy atom. The van der Waals surface area contributed by atoms with E-state index < -0.39 is 15.9 Å². The average molecular weight is 452 g/mol. The molecule has 0 bridgehead atoms. The molecule has 2 amide bonds. The topological polar surface area (TPSA) is 96.0 Å². The van der Waals surface area contributed by atoms with Gasteiger partial charge in [0.2, 0.25) is 15.9 Å². The number of amides is 2. The molecule has 162 valence electrons. The monoisotopic (exact) mass is 451 g/mol. The summed E-state index contributed by atoms with van der Waals surface area (Å²) in [6, 6.07) is 11.5. The van der Waals surface area contributed by atoms with Gasteiger partial charge in [0.25, 0.3) is 5.91 Å². The number of sulfonamides is 1. The van der Waals surface area contributed by atoms with Gasteiger partial charge in [-0.05, 0) is 36.6 Å². The highest BCUT2D eigenvalue weighted by Gasteiger charge is 2.25. The fourth-order valence-corrected chi connectivity index (χ4v) is 4.28. The Hall–Kier alpha value is -2.56. The lowest BCUT2D eigenvalue weighted by Crippen LogP contribution is -2.35. The molecule has 10 heteroatoms. The summed E-state index contributed by atoms with van der Waals surface area (Å²) in [5.41, 5.74) is 0.802. The molecule has 0 aliphatic carbocycles. The van der Waals surface area contributed by atoms with Crippen LogP contribution in [0.3, 0.4) is 0 Å². The summed E-state index contributed by atoms with van der Waals surface area (Å²) in [6.07, 6.45) is 1.91. The van der Waals surface area contributed by atoms with Crippen molar-refractivity contribution in [1.82, 2.24) is 9.21 Å². The number of likely N-dealkylation sites (N-methyl/N-ethyl adjacent to an activating group) is 1. The molecule has 0 aromatic heterocycles. The standard InChI is InChI=1S/C20H25N3O5S2/c1-22(2)30(26,27)18-12-14(10-11-16(18)28-4)20(25)23(3)13-19(24)21-15-8-6-7-9-17(15)29-5/h6-12H,13H2,1-5H3,(H,21,24). The average Bonchev–Trinajstić information content (AvgIpc) is 2.72. The lowest BCUT2D eigenvalue weighted by atomic mass is 10.2. The molecule has 0 atom stereocenters. The fraction of sp³-hybridized carbons (Fsp3) is 0.300. The first-order chi connectivity index (χ1) is 14.1. The minimum atomic E-state index is -3.82. The first-order valence-electron chi connectivity index (χ1n) is 8.90. The predicted molar refractivity (Wildman–Crippen MR) is 118 cm³/mol. The van der Waals surface area contributed by atoms with Crippen LogP contribution < -0.4 is 10.1 Å². The van der Waals surface area contributed by atoms with E-state index in [4.69, 9.17) is 4.74 Å². The smallest absolute Gasteiger partial charge is 0.254 e. The number of nitrogens with zero attached hydrogens (tertiary/aromatic N) is 2. The number of rotatable bonds is 8. The third-order valence-electron chi connectivity index (χ3n) is 4.28. The van der Waals surface area contributed by atoms with E-state index in [1.54, 1.807) is 6.07 Å². The molecule has 2 aromatic rings. The molecular formula is C20H25N3O5S2. The highest BCUT2D eigenvalue weighted by Crippen LogP contribution is 2.27. The fourth-order valence-electron chi connectivity index (χ4n) is 2.65. The van der Waals surface area contributed by atoms with Gasteiger partial charge in [-0.2, -0.15) is 0 Å². The second-order valence-electron chi connectivity index (χ2n) is 6.56. The number of thioether (sulfide) groups is 1. The van der Waals surface area contributed by atoms with E-state index in [0.717, 1.165) is 9.20 Å². The normalized spacial score (nSPS) is 11.3. The van der Waals surface area contributed by atoms with Crippen LogP contribution in [0.2, 0.25) is 0 Å². The van der Waals surface area contributed by atoms with E-state index >= 15 is 0 Å². The maximum absolute atomic E-state index is 12.8. The SMILES string of the molecule is COc1ccc(C(=O)N(C)CC(=O)Nc2ccccc2SC)cc1S(=O)(=O)N(C)C. The zero-order valence-corrected chi connectivity index (χ0v) is 19.1. The molecule has 0 heterocycles. The van der Waals surface area contributed by atoms with Crippen LogP contribution in [0.1, 0.15) is 10.4 Å². The summed E-state index contributed by atoms with van der Waals surface area (Å²) >= 11 is 1.50. The van der Waals surface area contributed by atoms with Crippen LogP contribution >= 0.6 is 11.8 Å². The Morgan fingerprint density at radius 3 is 2.37 bits per heavy atom. The van der Waals surface area contributed by atoms with Crippen molar-refractivity contribution in [3.63, 3.8) is 0 Å². The lowest BCUT2D eigenvalue weighted by Gasteiger charge is -2.19. The maximum Gasteiger partial charge on any atom is 0.254 e. The minimum Gasteiger partial charge on any atom is -0.495 e. The van der Waals surface area contributed by atoms with Crippen molar-refractivity contribution in [2.45, 2.75) is 9.79 Å². The van der Waals surface area contributed by atoms with Gasteiger partial charge in [-0.25, -0.2) is 12.7 Å². The van der Waals surface area contributed by atoms with E-state index in [0.29, 0.717) is 5.69 Å². The predicted octanol–water partition coefficient (Wildman–Crippen LogP) is 2.38. The van der Waals surface area contributed by atoms with Crippen molar-refractivity contribution in [3.05, 3.63) is 48.0 Å². The number of carbonyl (C=O) groups excluding carboxylic acids is 2. The molecule has 1 N–H and O–H groups in total. The molecule has 0 aliphatic rings. The third kappa shape index (κ3) is 5.32. The molecule has 2 aromatic carbocycles. The number of carbonyl (C=O) groups is 2. The lowest BCUT2D eigenvalue weighted by molar-refractivity contribution is -0.116. The molecule has 8 nitrogen and oxygen atoms in total. The Kier molecular flexibility index (Phi) is 7.88. The third-order valence-corrected chi connectivity index (χ3v) is 6.91. The molecule has 0 unspecified atom stereocenters. The van der Waals surface area contributed by atoms with E-state index in [-0.39, 0.29) is 28.7 Å². The highest BCUT2D eigenvalue weighted by molar-refractivity contribution is 7.98. The van der Waals surface area contributed by atoms with Crippen molar-refractivity contribution < 1.29 is 22.7 Å². The van der Waals surface area contributed by atoms with Crippen molar-refractivity contribution in [2.24, 2.45) is 0 Å². The number of nitrogens with one attached hydrogen (secondary N) is 1. The number of para-hydroxylation sites is 1. The quantitative estimate of drug-likeness (QED) is 0.619. The van der Waals surface area contributed by atoms with Gasteiger partial charge in [-0.3, -0.25) is 9.59 Å². The van der Waals surface area contributed by atoms with Crippen LogP contribution in [-0.4, -0.2) is 70.5 Å². The van der Waals surface area contributed by atoms with Gasteiger partial charge in [0, 0.05) is 31.6 Å². The highest BCUT2D eigenvalue weighted by atomic mass is 32.2. The second-order valence-corrected chi connectivity index (χ2v) is 9.53. The zero-order valence-electron chi connectivity index (χ0n) is 17.5. The van der Waals surface area contributed by atoms with Crippen LogP contribution in [0, 0.1) is 0 Å². The number of hydrogen-bond acceptors (Lipinski definition) is 6. The summed E-state index contributed by atoms with van der Waals surface area (Å²) in [6.45, 7) is -0.191. The van der Waals surface area contributed by atoms with Gasteiger partial charge >= 0.3 is 0 Å². The van der Waals surface area contributed by atoms with Crippen molar-refractivity contribution in [1.29, 1.82) is 0 Å². The minimum absolute atomic E-state index is 0.118. The van der Waals surface area contributed by atoms with Crippen LogP contribution in [0.15, 0.2) is 52.3 Å². The first-order valence-corrected chi connectivity index (χ1v) is 11.6. The molecule has 0 fully saturated rings. The first kappa shape index (κ1) is 23.7. The number of hydrogen-bond donors (Lipinski definition) is 1. The van der Waals surface area contributed by atoms with E-state index in [2.05, 4.69) is 5.32 Å². The Labute approximate surface area is 181 Å². The Bertz CT molecular complexity index is 1040. The van der Waals surface area contributed by atoms with Crippen molar-refractivity contribution >= 4 is 39.3 Å². The van der Waals surface area contributed by atoms with Gasteiger partial charge in [0.1, 0.15) is 10.6 Å². The summed E-state index contributed by atoms with van der Waals surface area (Å²) < 4.78 is 31.3. The van der Waals surface area contributed by atoms with Gasteiger partial charge < -0.3 is 15.0 Å². The molecule has 0 saturated heterocycles. The molecule has 0 aliphatic heterocycles. The molecular weight excluding hydrogens is 426 g/mol. The van der Waals surface area contributed by atoms with Gasteiger partial charge in [-0.1, -0.05) is 12.1 Å². The molecule has 0 radical (unpaired) electrons. The Morgan fingerprint density at radius 2 is 1.77 bits per heavy atom. The van der Waals surface area contributed by atoms with Crippen LogP contribution in [0.25, 0.3) is 0 Å². The largest absolute Gasteiger partial charge is 0.495 e. The molecule has 2 rings (SSSR count). The summed E-state index contributed by atoms with van der Waals surface area (Å²) in [4.78, 5) is 27.2. The number of anilines is 1. The second kappa shape index (κ2) is 9.96. The Balaban J connectivity index is 2.20. The number of methoxy groups -OCH3 is 1. The summed E-state index contributed by atoms with van der Waals surface area (Å²) in [5.74, 6) is -0.711. The van der Waals surface area contributed by atoms with Crippen LogP contribution in [-0.2, 0) is 14.8 Å². The molecule has 0 spiro atoms.